The predicted octanol–water partition coefficient (Wildman–Crippen LogP) is 1.23. The van der Waals surface area contributed by atoms with Crippen LogP contribution in [-0.4, -0.2) is 58.0 Å². The van der Waals surface area contributed by atoms with E-state index in [9.17, 15) is 9.59 Å². The molecule has 0 bridgehead atoms. The van der Waals surface area contributed by atoms with Gasteiger partial charge in [-0.1, -0.05) is 35.5 Å². The third-order valence-corrected chi connectivity index (χ3v) is 5.05. The molecule has 0 spiro atoms. The number of nitrogens with zero attached hydrogens (tertiary/aromatic N) is 4. The molecule has 4 rings (SSSR count). The third-order valence-electron chi connectivity index (χ3n) is 5.05. The van der Waals surface area contributed by atoms with Crippen molar-refractivity contribution in [3.8, 4) is 0 Å². The van der Waals surface area contributed by atoms with Crippen LogP contribution in [-0.2, 0) is 6.42 Å². The quantitative estimate of drug-likeness (QED) is 0.769. The van der Waals surface area contributed by atoms with E-state index < -0.39 is 0 Å². The Labute approximate surface area is 157 Å². The van der Waals surface area contributed by atoms with Crippen LogP contribution >= 0.6 is 0 Å². The van der Waals surface area contributed by atoms with Crippen molar-refractivity contribution in [1.82, 2.24) is 30.5 Å². The second-order valence-corrected chi connectivity index (χ2v) is 7.26. The zero-order valence-electron chi connectivity index (χ0n) is 15.2. The van der Waals surface area contributed by atoms with Gasteiger partial charge < -0.3 is 15.5 Å². The molecule has 8 nitrogen and oxygen atoms in total. The Kier molecular flexibility index (Phi) is 5.04. The van der Waals surface area contributed by atoms with Crippen LogP contribution in [0.15, 0.2) is 36.5 Å². The number of likely N-dealkylation sites (tertiary alicyclic amines) is 1. The average Bonchev–Trinajstić information content (AvgIpc) is 3.35. The van der Waals surface area contributed by atoms with Crippen molar-refractivity contribution < 1.29 is 9.59 Å². The van der Waals surface area contributed by atoms with Crippen molar-refractivity contribution in [2.75, 3.05) is 26.2 Å². The minimum absolute atomic E-state index is 0.0651. The highest BCUT2D eigenvalue weighted by Gasteiger charge is 2.33. The van der Waals surface area contributed by atoms with Crippen LogP contribution in [0.3, 0.4) is 0 Å². The van der Waals surface area contributed by atoms with Gasteiger partial charge in [-0.15, -0.1) is 5.10 Å². The first kappa shape index (κ1) is 17.5. The van der Waals surface area contributed by atoms with Crippen LogP contribution in [0.2, 0.25) is 0 Å². The largest absolute Gasteiger partial charge is 0.350 e. The number of benzene rings is 1. The maximum Gasteiger partial charge on any atom is 0.317 e. The van der Waals surface area contributed by atoms with E-state index >= 15 is 0 Å². The highest BCUT2D eigenvalue weighted by molar-refractivity contribution is 5.91. The number of rotatable bonds is 7. The molecule has 8 heteroatoms. The van der Waals surface area contributed by atoms with E-state index in [1.54, 1.807) is 15.8 Å². The van der Waals surface area contributed by atoms with Gasteiger partial charge in [0.2, 0.25) is 0 Å². The molecule has 3 amide bonds. The molecule has 2 aliphatic rings. The first-order valence-electron chi connectivity index (χ1n) is 9.46. The number of aromatic nitrogens is 3. The van der Waals surface area contributed by atoms with Gasteiger partial charge in [-0.2, -0.15) is 0 Å². The monoisotopic (exact) mass is 368 g/mol. The fraction of sp³-hybridized carbons (Fsp3) is 0.474. The van der Waals surface area contributed by atoms with Crippen LogP contribution in [0.4, 0.5) is 4.79 Å². The zero-order chi connectivity index (χ0) is 18.6. The summed E-state index contributed by atoms with van der Waals surface area (Å²) in [7, 11) is 0. The summed E-state index contributed by atoms with van der Waals surface area (Å²) in [6, 6.07) is 10.1. The molecule has 1 aromatic heterocycles. The average molecular weight is 368 g/mol. The third kappa shape index (κ3) is 4.45. The van der Waals surface area contributed by atoms with E-state index in [2.05, 4.69) is 33.1 Å². The predicted molar refractivity (Wildman–Crippen MR) is 99.2 cm³/mol. The normalized spacial score (nSPS) is 16.7. The highest BCUT2D eigenvalue weighted by Crippen LogP contribution is 2.27. The summed E-state index contributed by atoms with van der Waals surface area (Å²) in [6.07, 6.45) is 4.86. The topological polar surface area (TPSA) is 92.2 Å². The van der Waals surface area contributed by atoms with Crippen LogP contribution in [0.1, 0.15) is 34.9 Å². The molecule has 142 valence electrons. The van der Waals surface area contributed by atoms with E-state index in [1.165, 1.54) is 18.4 Å². The lowest BCUT2D eigenvalue weighted by atomic mass is 10.1. The Hall–Kier alpha value is -2.90. The Balaban J connectivity index is 1.18. The summed E-state index contributed by atoms with van der Waals surface area (Å²) < 4.78 is 1.68. The van der Waals surface area contributed by atoms with Crippen molar-refractivity contribution in [3.63, 3.8) is 0 Å². The lowest BCUT2D eigenvalue weighted by Gasteiger charge is -2.38. The van der Waals surface area contributed by atoms with Gasteiger partial charge in [-0.25, -0.2) is 9.48 Å². The maximum absolute atomic E-state index is 12.2. The molecule has 0 radical (unpaired) electrons. The Morgan fingerprint density at radius 1 is 1.11 bits per heavy atom. The fourth-order valence-corrected chi connectivity index (χ4v) is 3.07. The summed E-state index contributed by atoms with van der Waals surface area (Å²) in [5.74, 6) is 0.451. The van der Waals surface area contributed by atoms with Crippen molar-refractivity contribution in [2.45, 2.75) is 25.3 Å². The molecule has 2 fully saturated rings. The van der Waals surface area contributed by atoms with Gasteiger partial charge in [0.15, 0.2) is 5.69 Å². The van der Waals surface area contributed by atoms with Crippen molar-refractivity contribution in [2.24, 2.45) is 5.92 Å². The molecule has 1 aromatic carbocycles. The summed E-state index contributed by atoms with van der Waals surface area (Å²) in [4.78, 5) is 25.9. The molecule has 1 saturated carbocycles. The van der Waals surface area contributed by atoms with E-state index in [-0.39, 0.29) is 18.0 Å². The molecular formula is C19H24N6O2. The second-order valence-electron chi connectivity index (χ2n) is 7.26. The summed E-state index contributed by atoms with van der Waals surface area (Å²) in [6.45, 7) is 2.47. The molecule has 2 heterocycles. The molecule has 1 saturated heterocycles. The number of nitrogens with one attached hydrogen (secondary N) is 2. The number of hydrogen-bond acceptors (Lipinski definition) is 4. The van der Waals surface area contributed by atoms with Gasteiger partial charge in [0.05, 0.1) is 12.2 Å². The highest BCUT2D eigenvalue weighted by atomic mass is 16.2. The second kappa shape index (κ2) is 7.77. The van der Waals surface area contributed by atoms with Crippen molar-refractivity contribution in [1.29, 1.82) is 0 Å². The van der Waals surface area contributed by atoms with Gasteiger partial charge in [-0.3, -0.25) is 4.79 Å². The molecule has 0 atom stereocenters. The molecule has 1 aliphatic heterocycles. The van der Waals surface area contributed by atoms with Crippen LogP contribution < -0.4 is 10.6 Å². The van der Waals surface area contributed by atoms with Gasteiger partial charge >= 0.3 is 6.03 Å². The van der Waals surface area contributed by atoms with Crippen LogP contribution in [0.5, 0.6) is 0 Å². The minimum Gasteiger partial charge on any atom is -0.350 e. The van der Waals surface area contributed by atoms with Gasteiger partial charge in [-0.05, 0) is 30.7 Å². The molecule has 27 heavy (non-hydrogen) atoms. The van der Waals surface area contributed by atoms with Gasteiger partial charge in [0.1, 0.15) is 0 Å². The van der Waals surface area contributed by atoms with Crippen molar-refractivity contribution >= 4 is 11.9 Å². The smallest absolute Gasteiger partial charge is 0.317 e. The molecule has 1 aliphatic carbocycles. The van der Waals surface area contributed by atoms with E-state index in [0.717, 1.165) is 6.42 Å². The SMILES string of the molecule is O=C(NCC1CC1)c1cn(C2CN(C(=O)NCCc3ccccc3)C2)nn1. The summed E-state index contributed by atoms with van der Waals surface area (Å²) >= 11 is 0. The number of carbonyl (C=O) groups excluding carboxylic acids is 2. The number of amides is 3. The van der Waals surface area contributed by atoms with Crippen LogP contribution in [0.25, 0.3) is 0 Å². The van der Waals surface area contributed by atoms with Gasteiger partial charge in [0.25, 0.3) is 5.91 Å². The molecule has 0 unspecified atom stereocenters. The lowest BCUT2D eigenvalue weighted by Crippen LogP contribution is -2.54. The van der Waals surface area contributed by atoms with E-state index in [1.807, 2.05) is 18.2 Å². The summed E-state index contributed by atoms with van der Waals surface area (Å²) in [5.41, 5.74) is 1.54. The number of urea groups is 1. The Bertz CT molecular complexity index is 796. The fourth-order valence-electron chi connectivity index (χ4n) is 3.07. The minimum atomic E-state index is -0.178. The molecular weight excluding hydrogens is 344 g/mol. The molecule has 2 aromatic rings. The summed E-state index contributed by atoms with van der Waals surface area (Å²) in [5, 5.41) is 13.8. The number of carbonyl (C=O) groups is 2. The Morgan fingerprint density at radius 3 is 2.63 bits per heavy atom. The maximum atomic E-state index is 12.2. The Morgan fingerprint density at radius 2 is 1.89 bits per heavy atom. The zero-order valence-corrected chi connectivity index (χ0v) is 15.2. The van der Waals surface area contributed by atoms with Gasteiger partial charge in [0, 0.05) is 26.2 Å². The lowest BCUT2D eigenvalue weighted by molar-refractivity contribution is 0.0946. The van der Waals surface area contributed by atoms with Crippen molar-refractivity contribution in [3.05, 3.63) is 47.8 Å². The van der Waals surface area contributed by atoms with E-state index in [0.29, 0.717) is 37.8 Å². The first-order valence-corrected chi connectivity index (χ1v) is 9.46. The van der Waals surface area contributed by atoms with Crippen LogP contribution in [0, 0.1) is 5.92 Å². The first-order chi connectivity index (χ1) is 13.2. The molecule has 2 N–H and O–H groups in total. The van der Waals surface area contributed by atoms with E-state index in [4.69, 9.17) is 0 Å². The number of hydrogen-bond donors (Lipinski definition) is 2. The standard InChI is InChI=1S/C19H24N6O2/c26-18(21-10-15-6-7-15)17-13-25(23-22-17)16-11-24(12-16)19(27)20-9-8-14-4-2-1-3-5-14/h1-5,13,15-16H,6-12H2,(H,20,27)(H,21,26).